The maximum atomic E-state index is 12.5. The van der Waals surface area contributed by atoms with Crippen LogP contribution < -0.4 is 16.4 Å². The van der Waals surface area contributed by atoms with Gasteiger partial charge in [-0.25, -0.2) is 4.79 Å². The van der Waals surface area contributed by atoms with Crippen molar-refractivity contribution < 1.29 is 34.5 Å². The molecule has 0 radical (unpaired) electrons. The molecule has 27 heavy (non-hydrogen) atoms. The molecule has 1 rings (SSSR count). The molecule has 1 aliphatic heterocycles. The van der Waals surface area contributed by atoms with E-state index in [-0.39, 0.29) is 18.9 Å². The van der Waals surface area contributed by atoms with Gasteiger partial charge >= 0.3 is 5.97 Å². The maximum Gasteiger partial charge on any atom is 0.326 e. The Morgan fingerprint density at radius 1 is 1.07 bits per heavy atom. The van der Waals surface area contributed by atoms with Crippen molar-refractivity contribution in [2.24, 2.45) is 11.7 Å². The van der Waals surface area contributed by atoms with Crippen molar-refractivity contribution in [2.75, 3.05) is 19.8 Å². The highest BCUT2D eigenvalue weighted by atomic mass is 16.4. The Balaban J connectivity index is 2.76. The van der Waals surface area contributed by atoms with Crippen molar-refractivity contribution in [1.29, 1.82) is 0 Å². The van der Waals surface area contributed by atoms with Gasteiger partial charge in [-0.15, -0.1) is 0 Å². The number of carbonyl (C=O) groups is 4. The van der Waals surface area contributed by atoms with Gasteiger partial charge in [0.2, 0.25) is 17.7 Å². The Labute approximate surface area is 156 Å². The van der Waals surface area contributed by atoms with Crippen molar-refractivity contribution in [3.63, 3.8) is 0 Å². The van der Waals surface area contributed by atoms with Crippen LogP contribution in [0.5, 0.6) is 0 Å². The highest BCUT2D eigenvalue weighted by molar-refractivity contribution is 5.94. The third-order valence-electron chi connectivity index (χ3n) is 4.45. The third-order valence-corrected chi connectivity index (χ3v) is 4.45. The van der Waals surface area contributed by atoms with Crippen LogP contribution in [0.25, 0.3) is 0 Å². The summed E-state index contributed by atoms with van der Waals surface area (Å²) in [6.07, 6.45) is 0.785. The number of carbonyl (C=O) groups excluding carboxylic acids is 3. The largest absolute Gasteiger partial charge is 0.480 e. The van der Waals surface area contributed by atoms with E-state index >= 15 is 0 Å². The van der Waals surface area contributed by atoms with Gasteiger partial charge in [-0.1, -0.05) is 13.8 Å². The summed E-state index contributed by atoms with van der Waals surface area (Å²) in [4.78, 5) is 49.0. The van der Waals surface area contributed by atoms with Crippen LogP contribution in [-0.2, 0) is 19.2 Å². The van der Waals surface area contributed by atoms with E-state index in [1.54, 1.807) is 13.8 Å². The van der Waals surface area contributed by atoms with Crippen molar-refractivity contribution in [3.8, 4) is 0 Å². The van der Waals surface area contributed by atoms with Gasteiger partial charge < -0.3 is 36.6 Å². The van der Waals surface area contributed by atoms with Gasteiger partial charge in [-0.05, 0) is 18.8 Å². The smallest absolute Gasteiger partial charge is 0.326 e. The van der Waals surface area contributed by atoms with Gasteiger partial charge in [-0.2, -0.15) is 0 Å². The predicted octanol–water partition coefficient (Wildman–Crippen LogP) is -3.00. The number of aliphatic carboxylic acids is 1. The minimum Gasteiger partial charge on any atom is -0.480 e. The first-order valence-corrected chi connectivity index (χ1v) is 8.75. The molecule has 1 fully saturated rings. The van der Waals surface area contributed by atoms with E-state index in [9.17, 15) is 29.4 Å². The summed E-state index contributed by atoms with van der Waals surface area (Å²) in [5, 5.41) is 32.5. The second-order valence-electron chi connectivity index (χ2n) is 6.79. The molecule has 0 aromatic rings. The van der Waals surface area contributed by atoms with Crippen molar-refractivity contribution in [3.05, 3.63) is 0 Å². The Bertz CT molecular complexity index is 569. The van der Waals surface area contributed by atoms with Crippen LogP contribution in [0.1, 0.15) is 26.7 Å². The summed E-state index contributed by atoms with van der Waals surface area (Å²) in [5.74, 6) is -3.62. The molecule has 0 aromatic heterocycles. The van der Waals surface area contributed by atoms with Crippen LogP contribution in [0.3, 0.4) is 0 Å². The maximum absolute atomic E-state index is 12.5. The zero-order valence-corrected chi connectivity index (χ0v) is 15.4. The number of aliphatic hydroxyl groups is 2. The minimum atomic E-state index is -1.39. The van der Waals surface area contributed by atoms with Crippen LogP contribution in [0.15, 0.2) is 0 Å². The topological polar surface area (TPSA) is 182 Å². The molecule has 11 heteroatoms. The summed E-state index contributed by atoms with van der Waals surface area (Å²) >= 11 is 0. The van der Waals surface area contributed by atoms with E-state index in [0.29, 0.717) is 6.42 Å². The highest BCUT2D eigenvalue weighted by Gasteiger charge is 2.38. The summed E-state index contributed by atoms with van der Waals surface area (Å²) in [6.45, 7) is 2.13. The van der Waals surface area contributed by atoms with Gasteiger partial charge in [0.25, 0.3) is 0 Å². The highest BCUT2D eigenvalue weighted by Crippen LogP contribution is 2.18. The number of nitrogens with zero attached hydrogens (tertiary/aromatic N) is 1. The number of nitrogens with one attached hydrogen (secondary N) is 2. The number of carboxylic acids is 1. The molecule has 11 nitrogen and oxygen atoms in total. The molecule has 4 unspecified atom stereocenters. The average Bonchev–Trinajstić information content (AvgIpc) is 3.12. The van der Waals surface area contributed by atoms with Crippen molar-refractivity contribution >= 4 is 23.7 Å². The number of nitrogens with two attached hydrogens (primary N) is 1. The molecule has 7 N–H and O–H groups in total. The second-order valence-corrected chi connectivity index (χ2v) is 6.79. The molecule has 0 aromatic carbocycles. The van der Waals surface area contributed by atoms with E-state index < -0.39 is 61.1 Å². The number of amides is 3. The zero-order valence-electron chi connectivity index (χ0n) is 15.4. The first-order chi connectivity index (χ1) is 12.6. The first kappa shape index (κ1) is 22.8. The fraction of sp³-hybridized carbons (Fsp3) is 0.750. The van der Waals surface area contributed by atoms with E-state index in [2.05, 4.69) is 10.6 Å². The Hall–Kier alpha value is -2.24. The Morgan fingerprint density at radius 3 is 2.11 bits per heavy atom. The number of hydrogen-bond donors (Lipinski definition) is 6. The minimum absolute atomic E-state index is 0.192. The van der Waals surface area contributed by atoms with E-state index in [0.717, 1.165) is 4.90 Å². The quantitative estimate of drug-likeness (QED) is 0.241. The van der Waals surface area contributed by atoms with Crippen molar-refractivity contribution in [2.45, 2.75) is 50.9 Å². The number of aliphatic hydroxyl groups excluding tert-OH is 2. The lowest BCUT2D eigenvalue weighted by Crippen LogP contribution is -2.59. The third kappa shape index (κ3) is 5.88. The van der Waals surface area contributed by atoms with Crippen LogP contribution in [0.4, 0.5) is 0 Å². The normalized spacial score (nSPS) is 20.1. The lowest BCUT2D eigenvalue weighted by Gasteiger charge is -2.27. The standard InChI is InChI=1S/C16H28N4O7/c1-8(2)12(17)14(24)18-9(6-21)13(23)19-10(7-22)15(25)20-5-3-4-11(20)16(26)27/h8-12,21-22H,3-7,17H2,1-2H3,(H,18,24)(H,19,23)(H,26,27). The van der Waals surface area contributed by atoms with Crippen LogP contribution in [0.2, 0.25) is 0 Å². The number of carboxylic acid groups (broad SMARTS) is 1. The number of hydrogen-bond acceptors (Lipinski definition) is 7. The Morgan fingerprint density at radius 2 is 1.63 bits per heavy atom. The molecule has 0 saturated carbocycles. The first-order valence-electron chi connectivity index (χ1n) is 8.75. The van der Waals surface area contributed by atoms with Gasteiger partial charge in [-0.3, -0.25) is 14.4 Å². The van der Waals surface area contributed by atoms with Gasteiger partial charge in [0, 0.05) is 6.54 Å². The lowest BCUT2D eigenvalue weighted by atomic mass is 10.0. The van der Waals surface area contributed by atoms with Crippen LogP contribution in [-0.4, -0.2) is 87.8 Å². The SMILES string of the molecule is CC(C)C(N)C(=O)NC(CO)C(=O)NC(CO)C(=O)N1CCCC1C(=O)O. The molecule has 0 bridgehead atoms. The monoisotopic (exact) mass is 388 g/mol. The number of rotatable bonds is 9. The molecule has 154 valence electrons. The van der Waals surface area contributed by atoms with Gasteiger partial charge in [0.1, 0.15) is 18.1 Å². The molecule has 1 saturated heterocycles. The fourth-order valence-electron chi connectivity index (χ4n) is 2.71. The molecule has 1 heterocycles. The summed E-state index contributed by atoms with van der Waals surface area (Å²) in [6, 6.07) is -4.65. The van der Waals surface area contributed by atoms with E-state index in [4.69, 9.17) is 10.8 Å². The zero-order chi connectivity index (χ0) is 20.7. The average molecular weight is 388 g/mol. The van der Waals surface area contributed by atoms with E-state index in [1.165, 1.54) is 0 Å². The van der Waals surface area contributed by atoms with Crippen molar-refractivity contribution in [1.82, 2.24) is 15.5 Å². The molecular weight excluding hydrogens is 360 g/mol. The fourth-order valence-corrected chi connectivity index (χ4v) is 2.71. The van der Waals surface area contributed by atoms with E-state index in [1.807, 2.05) is 0 Å². The van der Waals surface area contributed by atoms with Gasteiger partial charge in [0.05, 0.1) is 19.3 Å². The lowest BCUT2D eigenvalue weighted by molar-refractivity contribution is -0.150. The summed E-state index contributed by atoms with van der Waals surface area (Å²) < 4.78 is 0. The van der Waals surface area contributed by atoms with Crippen LogP contribution >= 0.6 is 0 Å². The molecule has 4 atom stereocenters. The second kappa shape index (κ2) is 10.2. The molecular formula is C16H28N4O7. The van der Waals surface area contributed by atoms with Crippen LogP contribution in [0, 0.1) is 5.92 Å². The molecule has 0 spiro atoms. The van der Waals surface area contributed by atoms with Gasteiger partial charge in [0.15, 0.2) is 0 Å². The molecule has 1 aliphatic rings. The Kier molecular flexibility index (Phi) is 8.60. The number of likely N-dealkylation sites (tertiary alicyclic amines) is 1. The predicted molar refractivity (Wildman–Crippen MR) is 93.2 cm³/mol. The molecule has 0 aliphatic carbocycles. The summed E-state index contributed by atoms with van der Waals surface area (Å²) in [7, 11) is 0. The molecule has 3 amide bonds. The summed E-state index contributed by atoms with van der Waals surface area (Å²) in [5.41, 5.74) is 5.68.